The molecule has 0 heterocycles. The lowest BCUT2D eigenvalue weighted by molar-refractivity contribution is 0.0973. The van der Waals surface area contributed by atoms with Gasteiger partial charge in [0.15, 0.2) is 5.11 Å². The number of amides is 1. The van der Waals surface area contributed by atoms with E-state index >= 15 is 0 Å². The van der Waals surface area contributed by atoms with Crippen molar-refractivity contribution in [3.8, 4) is 5.75 Å². The predicted molar refractivity (Wildman–Crippen MR) is 147 cm³/mol. The van der Waals surface area contributed by atoms with Crippen molar-refractivity contribution >= 4 is 60.6 Å². The summed E-state index contributed by atoms with van der Waals surface area (Å²) in [5.74, 6) is 0.0537. The molecule has 3 aromatic rings. The standard InChI is InChI=1S/C25H26BrN3O4S2/c1-3-4-16-33-23-15-10-18(26)17-22(23)24(30)28-25(34)27-19-11-13-21(14-12-19)35(31,32)29(2)20-8-6-5-7-9-20/h5-15,17H,3-4,16H2,1-2H3,(H2,27,28,30,34). The number of nitrogens with zero attached hydrogens (tertiary/aromatic N) is 1. The molecule has 0 aliphatic rings. The topological polar surface area (TPSA) is 87.7 Å². The Morgan fingerprint density at radius 3 is 2.40 bits per heavy atom. The molecule has 7 nitrogen and oxygen atoms in total. The van der Waals surface area contributed by atoms with Crippen LogP contribution >= 0.6 is 28.1 Å². The van der Waals surface area contributed by atoms with Crippen LogP contribution in [0.3, 0.4) is 0 Å². The molecule has 0 spiro atoms. The summed E-state index contributed by atoms with van der Waals surface area (Å²) in [6.07, 6.45) is 1.86. The number of carbonyl (C=O) groups is 1. The molecule has 10 heteroatoms. The van der Waals surface area contributed by atoms with Gasteiger partial charge in [-0.1, -0.05) is 47.5 Å². The maximum absolute atomic E-state index is 12.9. The maximum Gasteiger partial charge on any atom is 0.264 e. The summed E-state index contributed by atoms with van der Waals surface area (Å²) in [6.45, 7) is 2.57. The number of sulfonamides is 1. The number of benzene rings is 3. The van der Waals surface area contributed by atoms with Crippen LogP contribution in [0, 0.1) is 0 Å². The molecule has 3 rings (SSSR count). The largest absolute Gasteiger partial charge is 0.493 e. The van der Waals surface area contributed by atoms with Gasteiger partial charge in [0.25, 0.3) is 15.9 Å². The molecule has 0 unspecified atom stereocenters. The van der Waals surface area contributed by atoms with Gasteiger partial charge in [-0.05, 0) is 73.2 Å². The highest BCUT2D eigenvalue weighted by Crippen LogP contribution is 2.25. The first kappa shape index (κ1) is 26.7. The van der Waals surface area contributed by atoms with Crippen molar-refractivity contribution in [1.82, 2.24) is 5.32 Å². The number of thiocarbonyl (C=S) groups is 1. The normalized spacial score (nSPS) is 10.9. The molecule has 0 atom stereocenters. The fraction of sp³-hybridized carbons (Fsp3) is 0.200. The van der Waals surface area contributed by atoms with Crippen molar-refractivity contribution in [2.45, 2.75) is 24.7 Å². The van der Waals surface area contributed by atoms with E-state index in [0.717, 1.165) is 17.3 Å². The molecule has 0 aliphatic heterocycles. The summed E-state index contributed by atoms with van der Waals surface area (Å²) < 4.78 is 33.6. The van der Waals surface area contributed by atoms with Gasteiger partial charge in [-0.2, -0.15) is 0 Å². The van der Waals surface area contributed by atoms with Gasteiger partial charge < -0.3 is 10.1 Å². The molecular weight excluding hydrogens is 550 g/mol. The summed E-state index contributed by atoms with van der Waals surface area (Å²) in [7, 11) is -2.22. The Morgan fingerprint density at radius 1 is 1.06 bits per heavy atom. The zero-order chi connectivity index (χ0) is 25.4. The molecule has 0 aliphatic carbocycles. The van der Waals surface area contributed by atoms with Crippen molar-refractivity contribution in [2.75, 3.05) is 23.3 Å². The Bertz CT molecular complexity index is 1280. The van der Waals surface area contributed by atoms with Crippen molar-refractivity contribution in [2.24, 2.45) is 0 Å². The molecule has 3 aromatic carbocycles. The third-order valence-corrected chi connectivity index (χ3v) is 7.56. The van der Waals surface area contributed by atoms with Crippen molar-refractivity contribution in [3.05, 3.63) is 82.8 Å². The fourth-order valence-electron chi connectivity index (χ4n) is 3.11. The molecule has 0 aromatic heterocycles. The van der Waals surface area contributed by atoms with E-state index in [1.807, 2.05) is 6.07 Å². The van der Waals surface area contributed by atoms with Crippen molar-refractivity contribution in [3.63, 3.8) is 0 Å². The second-order valence-electron chi connectivity index (χ2n) is 7.58. The van der Waals surface area contributed by atoms with E-state index in [-0.39, 0.29) is 10.0 Å². The van der Waals surface area contributed by atoms with Gasteiger partial charge in [-0.15, -0.1) is 0 Å². The SMILES string of the molecule is CCCCOc1ccc(Br)cc1C(=O)NC(=S)Nc1ccc(S(=O)(=O)N(C)c2ccccc2)cc1. The van der Waals surface area contributed by atoms with Crippen LogP contribution in [0.5, 0.6) is 5.75 Å². The Kier molecular flexibility index (Phi) is 9.25. The Morgan fingerprint density at radius 2 is 1.74 bits per heavy atom. The van der Waals surface area contributed by atoms with Crippen molar-refractivity contribution in [1.29, 1.82) is 0 Å². The molecule has 0 fully saturated rings. The zero-order valence-corrected chi connectivity index (χ0v) is 22.5. The Hall–Kier alpha value is -2.95. The van der Waals surface area contributed by atoms with E-state index in [1.165, 1.54) is 23.5 Å². The van der Waals surface area contributed by atoms with Crippen LogP contribution in [-0.2, 0) is 10.0 Å². The number of anilines is 2. The van der Waals surface area contributed by atoms with E-state index in [2.05, 4.69) is 33.5 Å². The molecule has 0 bridgehead atoms. The minimum absolute atomic E-state index is 0.0755. The number of halogens is 1. The first-order valence-corrected chi connectivity index (χ1v) is 13.5. The van der Waals surface area contributed by atoms with Gasteiger partial charge in [-0.25, -0.2) is 8.42 Å². The van der Waals surface area contributed by atoms with Crippen LogP contribution < -0.4 is 19.7 Å². The minimum atomic E-state index is -3.73. The van der Waals surface area contributed by atoms with Crippen LogP contribution in [0.1, 0.15) is 30.1 Å². The van der Waals surface area contributed by atoms with Gasteiger partial charge >= 0.3 is 0 Å². The molecular formula is C25H26BrN3O4S2. The summed E-state index contributed by atoms with van der Waals surface area (Å²) in [5.41, 5.74) is 1.44. The first-order valence-electron chi connectivity index (χ1n) is 10.9. The highest BCUT2D eigenvalue weighted by atomic mass is 79.9. The lowest BCUT2D eigenvalue weighted by atomic mass is 10.2. The van der Waals surface area contributed by atoms with Gasteiger partial charge in [-0.3, -0.25) is 14.4 Å². The van der Waals surface area contributed by atoms with Gasteiger partial charge in [0.05, 0.1) is 22.8 Å². The summed E-state index contributed by atoms with van der Waals surface area (Å²) >= 11 is 8.66. The monoisotopic (exact) mass is 575 g/mol. The second kappa shape index (κ2) is 12.1. The fourth-order valence-corrected chi connectivity index (χ4v) is 4.88. The van der Waals surface area contributed by atoms with Crippen LogP contribution in [-0.4, -0.2) is 33.1 Å². The third kappa shape index (κ3) is 7.03. The molecule has 1 amide bonds. The zero-order valence-electron chi connectivity index (χ0n) is 19.3. The quantitative estimate of drug-likeness (QED) is 0.256. The average molecular weight is 577 g/mol. The van der Waals surface area contributed by atoms with Crippen LogP contribution in [0.4, 0.5) is 11.4 Å². The molecule has 0 saturated carbocycles. The number of nitrogens with one attached hydrogen (secondary N) is 2. The van der Waals surface area contributed by atoms with Crippen LogP contribution in [0.2, 0.25) is 0 Å². The highest BCUT2D eigenvalue weighted by Gasteiger charge is 2.21. The average Bonchev–Trinajstić information content (AvgIpc) is 2.85. The predicted octanol–water partition coefficient (Wildman–Crippen LogP) is 5.58. The number of para-hydroxylation sites is 1. The van der Waals surface area contributed by atoms with Crippen molar-refractivity contribution < 1.29 is 17.9 Å². The first-order chi connectivity index (χ1) is 16.7. The van der Waals surface area contributed by atoms with E-state index in [4.69, 9.17) is 17.0 Å². The number of unbranched alkanes of at least 4 members (excludes halogenated alkanes) is 1. The van der Waals surface area contributed by atoms with Crippen LogP contribution in [0.15, 0.2) is 82.2 Å². The smallest absolute Gasteiger partial charge is 0.264 e. The summed E-state index contributed by atoms with van der Waals surface area (Å²) in [4.78, 5) is 13.0. The Labute approximate surface area is 219 Å². The van der Waals surface area contributed by atoms with Gasteiger partial charge in [0.2, 0.25) is 0 Å². The van der Waals surface area contributed by atoms with E-state index in [0.29, 0.717) is 29.3 Å². The van der Waals surface area contributed by atoms with Gasteiger partial charge in [0, 0.05) is 17.2 Å². The Balaban J connectivity index is 1.66. The number of hydrogen-bond donors (Lipinski definition) is 2. The molecule has 2 N–H and O–H groups in total. The number of ether oxygens (including phenoxy) is 1. The molecule has 35 heavy (non-hydrogen) atoms. The highest BCUT2D eigenvalue weighted by molar-refractivity contribution is 9.10. The van der Waals surface area contributed by atoms with Gasteiger partial charge in [0.1, 0.15) is 5.75 Å². The van der Waals surface area contributed by atoms with Crippen LogP contribution in [0.25, 0.3) is 0 Å². The minimum Gasteiger partial charge on any atom is -0.493 e. The summed E-state index contributed by atoms with van der Waals surface area (Å²) in [6, 6.07) is 20.2. The third-order valence-electron chi connectivity index (χ3n) is 5.06. The van der Waals surface area contributed by atoms with E-state index < -0.39 is 15.9 Å². The number of carbonyl (C=O) groups excluding carboxylic acids is 1. The number of hydrogen-bond acceptors (Lipinski definition) is 5. The lowest BCUT2D eigenvalue weighted by Gasteiger charge is -2.19. The van der Waals surface area contributed by atoms with E-state index in [1.54, 1.807) is 54.6 Å². The molecule has 0 radical (unpaired) electrons. The molecule has 0 saturated heterocycles. The molecule has 184 valence electrons. The number of rotatable bonds is 9. The maximum atomic E-state index is 12.9. The second-order valence-corrected chi connectivity index (χ2v) is 10.9. The van der Waals surface area contributed by atoms with E-state index in [9.17, 15) is 13.2 Å². The summed E-state index contributed by atoms with van der Waals surface area (Å²) in [5, 5.41) is 5.62. The lowest BCUT2D eigenvalue weighted by Crippen LogP contribution is -2.34.